The fourth-order valence-corrected chi connectivity index (χ4v) is 5.88. The van der Waals surface area contributed by atoms with Gasteiger partial charge in [0, 0.05) is 6.04 Å². The topological polar surface area (TPSA) is 37.4 Å². The molecule has 0 unspecified atom stereocenters. The summed E-state index contributed by atoms with van der Waals surface area (Å²) in [7, 11) is 4.52. The lowest BCUT2D eigenvalue weighted by Gasteiger charge is -2.25. The summed E-state index contributed by atoms with van der Waals surface area (Å²) in [6, 6.07) is -0.0796. The molecule has 0 radical (unpaired) electrons. The molecule has 2 heterocycles. The van der Waals surface area contributed by atoms with Crippen molar-refractivity contribution in [2.24, 2.45) is 0 Å². The van der Waals surface area contributed by atoms with Crippen molar-refractivity contribution >= 4 is 75.9 Å². The van der Waals surface area contributed by atoms with E-state index >= 15 is 0 Å². The summed E-state index contributed by atoms with van der Waals surface area (Å²) in [6.07, 6.45) is 0. The largest absolute Gasteiger partial charge is 0.327 e. The molecule has 0 amide bonds. The smallest absolute Gasteiger partial charge is 0.268 e. The molecule has 2 aromatic rings. The van der Waals surface area contributed by atoms with Crippen LogP contribution in [0.1, 0.15) is 13.8 Å². The molecule has 98 valence electrons. The Hall–Kier alpha value is 0.0800. The maximum Gasteiger partial charge on any atom is 0.268 e. The Labute approximate surface area is 128 Å². The van der Waals surface area contributed by atoms with E-state index in [9.17, 15) is 9.59 Å². The molecule has 0 aromatic carbocycles. The molecule has 9 heteroatoms. The van der Waals surface area contributed by atoms with Gasteiger partial charge in [0.1, 0.15) is 20.0 Å². The lowest BCUT2D eigenvalue weighted by atomic mass is 10.3. The SMILES string of the molecule is CC(C)N(c1c(Cl)ssc1=O)c1c(Cl)ssc1=O. The van der Waals surface area contributed by atoms with Crippen molar-refractivity contribution in [2.45, 2.75) is 19.9 Å². The molecular weight excluding hydrogens is 353 g/mol. The molecule has 0 saturated heterocycles. The number of hydrogen-bond donors (Lipinski definition) is 0. The monoisotopic (exact) mass is 359 g/mol. The van der Waals surface area contributed by atoms with Gasteiger partial charge in [0.05, 0.1) is 0 Å². The number of halogens is 2. The van der Waals surface area contributed by atoms with Gasteiger partial charge in [-0.3, -0.25) is 9.59 Å². The summed E-state index contributed by atoms with van der Waals surface area (Å²) in [5, 5.41) is 0. The summed E-state index contributed by atoms with van der Waals surface area (Å²) in [4.78, 5) is 25.4. The van der Waals surface area contributed by atoms with E-state index in [0.717, 1.165) is 20.7 Å². The first kappa shape index (κ1) is 14.5. The molecule has 0 aliphatic heterocycles. The first-order valence-electron chi connectivity index (χ1n) is 4.80. The highest BCUT2D eigenvalue weighted by atomic mass is 35.5. The van der Waals surface area contributed by atoms with Crippen molar-refractivity contribution in [3.63, 3.8) is 0 Å². The minimum atomic E-state index is -0.148. The van der Waals surface area contributed by atoms with Crippen LogP contribution in [0.25, 0.3) is 0 Å². The Morgan fingerprint density at radius 2 is 1.28 bits per heavy atom. The third-order valence-electron chi connectivity index (χ3n) is 2.14. The molecule has 0 spiro atoms. The third-order valence-corrected chi connectivity index (χ3v) is 7.45. The van der Waals surface area contributed by atoms with Crippen LogP contribution >= 0.6 is 64.6 Å². The number of hydrogen-bond acceptors (Lipinski definition) is 7. The summed E-state index contributed by atoms with van der Waals surface area (Å²) in [5.74, 6) is 0. The van der Waals surface area contributed by atoms with Crippen LogP contribution in [-0.2, 0) is 0 Å². The van der Waals surface area contributed by atoms with Gasteiger partial charge >= 0.3 is 0 Å². The van der Waals surface area contributed by atoms with Crippen LogP contribution in [0.5, 0.6) is 0 Å². The molecule has 0 atom stereocenters. The van der Waals surface area contributed by atoms with Crippen LogP contribution in [0.2, 0.25) is 8.67 Å². The van der Waals surface area contributed by atoms with E-state index in [1.807, 2.05) is 13.8 Å². The standard InChI is InChI=1S/C9H7Cl2NO2S4/c1-3(2)12(4-6(10)15-17-8(4)13)5-7(11)16-18-9(5)14/h3H,1-2H3. The third kappa shape index (κ3) is 2.52. The second-order valence-corrected chi connectivity index (χ2v) is 9.05. The van der Waals surface area contributed by atoms with E-state index in [1.54, 1.807) is 4.90 Å². The normalized spacial score (nSPS) is 11.2. The quantitative estimate of drug-likeness (QED) is 0.756. The van der Waals surface area contributed by atoms with Gasteiger partial charge < -0.3 is 4.90 Å². The molecule has 18 heavy (non-hydrogen) atoms. The van der Waals surface area contributed by atoms with Crippen LogP contribution in [0.15, 0.2) is 9.59 Å². The zero-order valence-electron chi connectivity index (χ0n) is 9.23. The van der Waals surface area contributed by atoms with Gasteiger partial charge in [-0.2, -0.15) is 0 Å². The van der Waals surface area contributed by atoms with Crippen molar-refractivity contribution in [1.82, 2.24) is 0 Å². The van der Waals surface area contributed by atoms with Gasteiger partial charge in [-0.15, -0.1) is 0 Å². The number of anilines is 2. The van der Waals surface area contributed by atoms with Crippen LogP contribution in [-0.4, -0.2) is 6.04 Å². The zero-order chi connectivity index (χ0) is 13.4. The average Bonchev–Trinajstić information content (AvgIpc) is 2.78. The van der Waals surface area contributed by atoms with Crippen LogP contribution in [0, 0.1) is 0 Å². The van der Waals surface area contributed by atoms with Gasteiger partial charge in [0.15, 0.2) is 0 Å². The van der Waals surface area contributed by atoms with Crippen molar-refractivity contribution in [3.05, 3.63) is 27.7 Å². The lowest BCUT2D eigenvalue weighted by Crippen LogP contribution is -2.31. The fourth-order valence-electron chi connectivity index (χ4n) is 1.48. The van der Waals surface area contributed by atoms with Gasteiger partial charge in [-0.05, 0) is 34.5 Å². The summed E-state index contributed by atoms with van der Waals surface area (Å²) >= 11 is 12.1. The number of nitrogens with zero attached hydrogens (tertiary/aromatic N) is 1. The molecular formula is C9H7Cl2NO2S4. The van der Waals surface area contributed by atoms with E-state index < -0.39 is 0 Å². The van der Waals surface area contributed by atoms with Crippen molar-refractivity contribution in [3.8, 4) is 0 Å². The molecule has 2 aromatic heterocycles. The second-order valence-electron chi connectivity index (χ2n) is 3.62. The average molecular weight is 360 g/mol. The summed E-state index contributed by atoms with van der Waals surface area (Å²) in [6.45, 7) is 3.77. The predicted octanol–water partition coefficient (Wildman–Crippen LogP) is 4.51. The summed E-state index contributed by atoms with van der Waals surface area (Å²) in [5.41, 5.74) is 0.706. The summed E-state index contributed by atoms with van der Waals surface area (Å²) < 4.78 is 0.492. The molecule has 0 bridgehead atoms. The maximum atomic E-state index is 11.9. The molecule has 0 saturated carbocycles. The van der Waals surface area contributed by atoms with Gasteiger partial charge in [0.2, 0.25) is 0 Å². The van der Waals surface area contributed by atoms with E-state index in [0.29, 0.717) is 20.0 Å². The van der Waals surface area contributed by atoms with Gasteiger partial charge in [-0.1, -0.05) is 43.9 Å². The highest BCUT2D eigenvalue weighted by Crippen LogP contribution is 2.39. The maximum absolute atomic E-state index is 11.9. The molecule has 2 rings (SSSR count). The highest BCUT2D eigenvalue weighted by molar-refractivity contribution is 7.70. The fraction of sp³-hybridized carbons (Fsp3) is 0.333. The Morgan fingerprint density at radius 1 is 0.889 bits per heavy atom. The van der Waals surface area contributed by atoms with Gasteiger partial charge in [0.25, 0.3) is 9.48 Å². The molecule has 3 nitrogen and oxygen atoms in total. The van der Waals surface area contributed by atoms with Crippen LogP contribution in [0.3, 0.4) is 0 Å². The van der Waals surface area contributed by atoms with E-state index in [1.165, 1.54) is 20.7 Å². The van der Waals surface area contributed by atoms with Crippen molar-refractivity contribution < 1.29 is 0 Å². The Morgan fingerprint density at radius 3 is 1.50 bits per heavy atom. The van der Waals surface area contributed by atoms with Gasteiger partial charge in [-0.25, -0.2) is 0 Å². The lowest BCUT2D eigenvalue weighted by molar-refractivity contribution is 0.789. The Bertz CT molecular complexity index is 614. The first-order valence-corrected chi connectivity index (χ1v) is 9.85. The minimum Gasteiger partial charge on any atom is -0.327 e. The molecule has 0 aliphatic carbocycles. The zero-order valence-corrected chi connectivity index (χ0v) is 14.0. The van der Waals surface area contributed by atoms with E-state index in [2.05, 4.69) is 0 Å². The van der Waals surface area contributed by atoms with Crippen LogP contribution < -0.4 is 14.4 Å². The highest BCUT2D eigenvalue weighted by Gasteiger charge is 2.26. The van der Waals surface area contributed by atoms with E-state index in [-0.39, 0.29) is 15.5 Å². The van der Waals surface area contributed by atoms with Crippen molar-refractivity contribution in [1.29, 1.82) is 0 Å². The van der Waals surface area contributed by atoms with Crippen LogP contribution in [0.4, 0.5) is 11.4 Å². The van der Waals surface area contributed by atoms with E-state index in [4.69, 9.17) is 23.2 Å². The number of rotatable bonds is 3. The first-order chi connectivity index (χ1) is 8.43. The second kappa shape index (κ2) is 5.60. The van der Waals surface area contributed by atoms with Crippen molar-refractivity contribution in [2.75, 3.05) is 4.90 Å². The minimum absolute atomic E-state index is 0.0796. The predicted molar refractivity (Wildman–Crippen MR) is 84.2 cm³/mol. The molecule has 0 fully saturated rings. The molecule has 0 N–H and O–H groups in total. The Kier molecular flexibility index (Phi) is 4.51. The molecule has 0 aliphatic rings. The Balaban J connectivity index is 2.69.